The SMILES string of the molecule is COC(=O)N(c1cc2cc(-c3ccc(F)cc3)ccc2o1)[C@H](Cc1ccc(Cl)cc1)C(=O)O. The van der Waals surface area contributed by atoms with Gasteiger partial charge in [0, 0.05) is 22.9 Å². The Labute approximate surface area is 193 Å². The summed E-state index contributed by atoms with van der Waals surface area (Å²) in [5.74, 6) is -1.52. The summed E-state index contributed by atoms with van der Waals surface area (Å²) in [6.07, 6.45) is -0.853. The Kier molecular flexibility index (Phi) is 6.33. The summed E-state index contributed by atoms with van der Waals surface area (Å²) in [4.78, 5) is 25.7. The highest BCUT2D eigenvalue weighted by molar-refractivity contribution is 6.30. The molecule has 1 amide bonds. The van der Waals surface area contributed by atoms with Crippen molar-refractivity contribution in [3.63, 3.8) is 0 Å². The number of nitrogens with zero attached hydrogens (tertiary/aromatic N) is 1. The van der Waals surface area contributed by atoms with Gasteiger partial charge in [0.2, 0.25) is 5.88 Å². The van der Waals surface area contributed by atoms with Crippen LogP contribution in [-0.2, 0) is 16.0 Å². The molecular weight excluding hydrogens is 449 g/mol. The number of halogens is 2. The highest BCUT2D eigenvalue weighted by Crippen LogP contribution is 2.32. The van der Waals surface area contributed by atoms with Gasteiger partial charge in [0.15, 0.2) is 0 Å². The van der Waals surface area contributed by atoms with Crippen LogP contribution < -0.4 is 4.90 Å². The maximum absolute atomic E-state index is 13.3. The van der Waals surface area contributed by atoms with Crippen molar-refractivity contribution in [3.8, 4) is 11.1 Å². The van der Waals surface area contributed by atoms with Gasteiger partial charge >= 0.3 is 12.1 Å². The van der Waals surface area contributed by atoms with E-state index >= 15 is 0 Å². The van der Waals surface area contributed by atoms with Crippen molar-refractivity contribution in [1.82, 2.24) is 0 Å². The van der Waals surface area contributed by atoms with Gasteiger partial charge in [-0.2, -0.15) is 0 Å². The zero-order valence-electron chi connectivity index (χ0n) is 17.5. The molecule has 0 aliphatic rings. The fraction of sp³-hybridized carbons (Fsp3) is 0.120. The molecule has 0 aliphatic carbocycles. The number of furan rings is 1. The summed E-state index contributed by atoms with van der Waals surface area (Å²) in [6, 6.07) is 18.4. The van der Waals surface area contributed by atoms with E-state index in [1.807, 2.05) is 6.07 Å². The maximum atomic E-state index is 13.3. The Balaban J connectivity index is 1.72. The van der Waals surface area contributed by atoms with Crippen molar-refractivity contribution in [2.45, 2.75) is 12.5 Å². The molecule has 33 heavy (non-hydrogen) atoms. The van der Waals surface area contributed by atoms with Crippen molar-refractivity contribution in [2.75, 3.05) is 12.0 Å². The van der Waals surface area contributed by atoms with Crippen LogP contribution in [0.25, 0.3) is 22.1 Å². The van der Waals surface area contributed by atoms with Gasteiger partial charge in [-0.1, -0.05) is 41.9 Å². The first-order chi connectivity index (χ1) is 15.9. The molecule has 0 spiro atoms. The summed E-state index contributed by atoms with van der Waals surface area (Å²) in [6.45, 7) is 0. The second-order valence-corrected chi connectivity index (χ2v) is 7.81. The standard InChI is InChI=1S/C25H19ClFNO5/c1-32-25(31)28(21(24(29)30)12-15-2-7-19(26)8-3-15)23-14-18-13-17(6-11-22(18)33-23)16-4-9-20(27)10-5-16/h2-11,13-14,21H,12H2,1H3,(H,29,30)/t21-/m1/s1. The summed E-state index contributed by atoms with van der Waals surface area (Å²) in [7, 11) is 1.17. The van der Waals surface area contributed by atoms with Crippen molar-refractivity contribution < 1.29 is 28.2 Å². The minimum atomic E-state index is -1.28. The predicted octanol–water partition coefficient (Wildman–Crippen LogP) is 6.16. The number of ether oxygens (including phenoxy) is 1. The van der Waals surface area contributed by atoms with E-state index in [0.717, 1.165) is 16.0 Å². The van der Waals surface area contributed by atoms with E-state index in [1.165, 1.54) is 19.2 Å². The Bertz CT molecular complexity index is 1300. The van der Waals surface area contributed by atoms with E-state index in [4.69, 9.17) is 20.8 Å². The predicted molar refractivity (Wildman–Crippen MR) is 123 cm³/mol. The molecule has 4 aromatic rings. The molecule has 1 aromatic heterocycles. The Hall–Kier alpha value is -3.84. The van der Waals surface area contributed by atoms with Gasteiger partial charge < -0.3 is 14.3 Å². The number of rotatable bonds is 6. The van der Waals surface area contributed by atoms with Crippen LogP contribution in [0, 0.1) is 5.82 Å². The third kappa shape index (κ3) is 4.83. The van der Waals surface area contributed by atoms with Crippen LogP contribution in [-0.4, -0.2) is 30.3 Å². The van der Waals surface area contributed by atoms with Crippen LogP contribution in [0.3, 0.4) is 0 Å². The van der Waals surface area contributed by atoms with Gasteiger partial charge in [0.05, 0.1) is 7.11 Å². The van der Waals surface area contributed by atoms with Crippen LogP contribution in [0.2, 0.25) is 5.02 Å². The molecule has 6 nitrogen and oxygen atoms in total. The molecule has 1 atom stereocenters. The minimum Gasteiger partial charge on any atom is -0.480 e. The summed E-state index contributed by atoms with van der Waals surface area (Å²) in [5, 5.41) is 11.1. The van der Waals surface area contributed by atoms with Crippen molar-refractivity contribution in [2.24, 2.45) is 0 Å². The van der Waals surface area contributed by atoms with Crippen LogP contribution in [0.5, 0.6) is 0 Å². The van der Waals surface area contributed by atoms with Crippen molar-refractivity contribution in [1.29, 1.82) is 0 Å². The number of hydrogen-bond acceptors (Lipinski definition) is 4. The average molecular weight is 468 g/mol. The molecule has 0 unspecified atom stereocenters. The molecular formula is C25H19ClFNO5. The molecule has 1 heterocycles. The van der Waals surface area contributed by atoms with Crippen molar-refractivity contribution >= 4 is 40.5 Å². The highest BCUT2D eigenvalue weighted by atomic mass is 35.5. The maximum Gasteiger partial charge on any atom is 0.417 e. The van der Waals surface area contributed by atoms with E-state index in [1.54, 1.807) is 54.6 Å². The lowest BCUT2D eigenvalue weighted by molar-refractivity contribution is -0.138. The van der Waals surface area contributed by atoms with Gasteiger partial charge in [0.25, 0.3) is 0 Å². The number of carboxylic acid groups (broad SMARTS) is 1. The number of carboxylic acids is 1. The lowest BCUT2D eigenvalue weighted by Gasteiger charge is -2.25. The molecule has 4 rings (SSSR count). The highest BCUT2D eigenvalue weighted by Gasteiger charge is 2.34. The summed E-state index contributed by atoms with van der Waals surface area (Å²) in [5.41, 5.74) is 2.75. The molecule has 0 saturated carbocycles. The zero-order valence-corrected chi connectivity index (χ0v) is 18.3. The van der Waals surface area contributed by atoms with Gasteiger partial charge in [-0.05, 0) is 53.1 Å². The third-order valence-corrected chi connectivity index (χ3v) is 5.48. The largest absolute Gasteiger partial charge is 0.480 e. The summed E-state index contributed by atoms with van der Waals surface area (Å²) < 4.78 is 23.9. The first-order valence-corrected chi connectivity index (χ1v) is 10.4. The van der Waals surface area contributed by atoms with Crippen LogP contribution in [0.4, 0.5) is 15.1 Å². The fourth-order valence-electron chi connectivity index (χ4n) is 3.57. The number of benzene rings is 3. The number of aliphatic carboxylic acids is 1. The quantitative estimate of drug-likeness (QED) is 0.367. The van der Waals surface area contributed by atoms with Gasteiger partial charge in [0.1, 0.15) is 17.4 Å². The van der Waals surface area contributed by atoms with Gasteiger partial charge in [-0.3, -0.25) is 0 Å². The Morgan fingerprint density at radius 2 is 1.70 bits per heavy atom. The molecule has 168 valence electrons. The van der Waals surface area contributed by atoms with Crippen LogP contribution >= 0.6 is 11.6 Å². The topological polar surface area (TPSA) is 80.0 Å². The second-order valence-electron chi connectivity index (χ2n) is 7.37. The first kappa shape index (κ1) is 22.4. The van der Waals surface area contributed by atoms with Gasteiger partial charge in [-0.15, -0.1) is 0 Å². The van der Waals surface area contributed by atoms with Crippen molar-refractivity contribution in [3.05, 3.63) is 89.2 Å². The van der Waals surface area contributed by atoms with E-state index in [0.29, 0.717) is 21.6 Å². The third-order valence-electron chi connectivity index (χ3n) is 5.23. The van der Waals surface area contributed by atoms with E-state index < -0.39 is 18.1 Å². The fourth-order valence-corrected chi connectivity index (χ4v) is 3.70. The number of fused-ring (bicyclic) bond motifs is 1. The molecule has 8 heteroatoms. The number of carbonyl (C=O) groups is 2. The molecule has 0 saturated heterocycles. The smallest absolute Gasteiger partial charge is 0.417 e. The van der Waals surface area contributed by atoms with Crippen LogP contribution in [0.15, 0.2) is 77.2 Å². The Morgan fingerprint density at radius 3 is 2.33 bits per heavy atom. The number of carbonyl (C=O) groups excluding carboxylic acids is 1. The first-order valence-electron chi connectivity index (χ1n) is 9.99. The van der Waals surface area contributed by atoms with E-state index in [9.17, 15) is 19.1 Å². The second kappa shape index (κ2) is 9.34. The number of methoxy groups -OCH3 is 1. The van der Waals surface area contributed by atoms with E-state index in [2.05, 4.69) is 0 Å². The monoisotopic (exact) mass is 467 g/mol. The summed E-state index contributed by atoms with van der Waals surface area (Å²) >= 11 is 5.92. The molecule has 0 bridgehead atoms. The molecule has 1 N–H and O–H groups in total. The number of hydrogen-bond donors (Lipinski definition) is 1. The molecule has 0 radical (unpaired) electrons. The lowest BCUT2D eigenvalue weighted by Crippen LogP contribution is -2.46. The minimum absolute atomic E-state index is 0.0134. The molecule has 0 fully saturated rings. The van der Waals surface area contributed by atoms with Gasteiger partial charge in [-0.25, -0.2) is 18.9 Å². The van der Waals surface area contributed by atoms with Crippen LogP contribution in [0.1, 0.15) is 5.56 Å². The molecule has 0 aliphatic heterocycles. The molecule has 3 aromatic carbocycles. The normalized spacial score (nSPS) is 11.8. The zero-order chi connectivity index (χ0) is 23.5. The number of anilines is 1. The average Bonchev–Trinajstić information content (AvgIpc) is 3.23. The lowest BCUT2D eigenvalue weighted by atomic mass is 10.0. The Morgan fingerprint density at radius 1 is 1.03 bits per heavy atom. The van der Waals surface area contributed by atoms with E-state index in [-0.39, 0.29) is 18.1 Å². The number of amides is 1.